The van der Waals surface area contributed by atoms with Gasteiger partial charge in [0.1, 0.15) is 12.4 Å². The molecule has 2 rings (SSSR count). The quantitative estimate of drug-likeness (QED) is 0.632. The van der Waals surface area contributed by atoms with Crippen LogP contribution in [0.15, 0.2) is 30.5 Å². The summed E-state index contributed by atoms with van der Waals surface area (Å²) in [5, 5.41) is 0.635. The van der Waals surface area contributed by atoms with Crippen molar-refractivity contribution in [1.82, 2.24) is 4.98 Å². The molecule has 1 fully saturated rings. The average Bonchev–Trinajstić information content (AvgIpc) is 2.48. The number of hydrogen-bond acceptors (Lipinski definition) is 4. The molecule has 20 heavy (non-hydrogen) atoms. The summed E-state index contributed by atoms with van der Waals surface area (Å²) in [5.74, 6) is 0.825. The van der Waals surface area contributed by atoms with E-state index in [0.717, 1.165) is 31.7 Å². The van der Waals surface area contributed by atoms with Crippen LogP contribution in [0, 0.1) is 5.92 Å². The topological polar surface area (TPSA) is 42.4 Å². The van der Waals surface area contributed by atoms with Crippen molar-refractivity contribution < 1.29 is 9.53 Å². The first-order valence-corrected chi connectivity index (χ1v) is 7.23. The third kappa shape index (κ3) is 3.97. The lowest BCUT2D eigenvalue weighted by molar-refractivity contribution is -0.147. The van der Waals surface area contributed by atoms with Gasteiger partial charge in [0.25, 0.3) is 0 Å². The van der Waals surface area contributed by atoms with Crippen LogP contribution in [-0.2, 0) is 9.53 Å². The van der Waals surface area contributed by atoms with Crippen LogP contribution in [0.5, 0.6) is 0 Å². The third-order valence-corrected chi connectivity index (χ3v) is 3.65. The van der Waals surface area contributed by atoms with Gasteiger partial charge in [-0.2, -0.15) is 0 Å². The Hall–Kier alpha value is -1.55. The van der Waals surface area contributed by atoms with Crippen molar-refractivity contribution in [3.63, 3.8) is 0 Å². The predicted molar refractivity (Wildman–Crippen MR) is 80.0 cm³/mol. The maximum atomic E-state index is 11.9. The molecule has 0 atom stereocenters. The molecule has 0 saturated carbocycles. The zero-order chi connectivity index (χ0) is 14.4. The minimum absolute atomic E-state index is 0.00352. The van der Waals surface area contributed by atoms with Crippen molar-refractivity contribution >= 4 is 23.4 Å². The standard InChI is InChI=1S/C15H19ClN2O2/c1-2-3-10-20-15(19)12-6-8-18(9-7-12)14-5-4-13(16)11-17-14/h2-5,11-12H,6-10H2,1H3/b3-2+. The molecule has 0 aromatic carbocycles. The lowest BCUT2D eigenvalue weighted by Crippen LogP contribution is -2.37. The van der Waals surface area contributed by atoms with Gasteiger partial charge < -0.3 is 9.64 Å². The zero-order valence-corrected chi connectivity index (χ0v) is 12.3. The number of carbonyl (C=O) groups is 1. The molecule has 0 aliphatic carbocycles. The Labute approximate surface area is 124 Å². The molecule has 0 bridgehead atoms. The number of piperidine rings is 1. The highest BCUT2D eigenvalue weighted by atomic mass is 35.5. The van der Waals surface area contributed by atoms with E-state index in [1.165, 1.54) is 0 Å². The fraction of sp³-hybridized carbons (Fsp3) is 0.467. The van der Waals surface area contributed by atoms with E-state index < -0.39 is 0 Å². The summed E-state index contributed by atoms with van der Waals surface area (Å²) < 4.78 is 5.20. The minimum atomic E-state index is -0.0909. The fourth-order valence-electron chi connectivity index (χ4n) is 2.24. The number of aromatic nitrogens is 1. The second-order valence-electron chi connectivity index (χ2n) is 4.80. The normalized spacial score (nSPS) is 16.6. The van der Waals surface area contributed by atoms with Crippen LogP contribution in [0.4, 0.5) is 5.82 Å². The number of allylic oxidation sites excluding steroid dienone is 1. The number of pyridine rings is 1. The highest BCUT2D eigenvalue weighted by molar-refractivity contribution is 6.30. The molecule has 1 saturated heterocycles. The number of rotatable bonds is 4. The summed E-state index contributed by atoms with van der Waals surface area (Å²) in [4.78, 5) is 18.3. The Morgan fingerprint density at radius 1 is 1.50 bits per heavy atom. The number of carbonyl (C=O) groups excluding carboxylic acids is 1. The number of esters is 1. The van der Waals surface area contributed by atoms with E-state index in [0.29, 0.717) is 11.6 Å². The maximum Gasteiger partial charge on any atom is 0.309 e. The molecule has 0 N–H and O–H groups in total. The Morgan fingerprint density at radius 2 is 2.25 bits per heavy atom. The molecule has 5 heteroatoms. The SMILES string of the molecule is C/C=C/COC(=O)C1CCN(c2ccc(Cl)cn2)CC1. The van der Waals surface area contributed by atoms with Crippen molar-refractivity contribution in [2.75, 3.05) is 24.6 Å². The molecule has 1 aliphatic rings. The molecule has 0 unspecified atom stereocenters. The molecular formula is C15H19ClN2O2. The molecule has 1 aromatic rings. The predicted octanol–water partition coefficient (Wildman–Crippen LogP) is 3.07. The van der Waals surface area contributed by atoms with Crippen LogP contribution in [-0.4, -0.2) is 30.6 Å². The van der Waals surface area contributed by atoms with Gasteiger partial charge in [0.2, 0.25) is 0 Å². The Balaban J connectivity index is 1.82. The summed E-state index contributed by atoms with van der Waals surface area (Å²) in [5.41, 5.74) is 0. The van der Waals surface area contributed by atoms with E-state index in [4.69, 9.17) is 16.3 Å². The Kier molecular flexibility index (Phi) is 5.41. The molecule has 4 nitrogen and oxygen atoms in total. The van der Waals surface area contributed by atoms with Gasteiger partial charge in [-0.1, -0.05) is 23.8 Å². The molecule has 0 spiro atoms. The van der Waals surface area contributed by atoms with E-state index in [2.05, 4.69) is 9.88 Å². The van der Waals surface area contributed by atoms with E-state index >= 15 is 0 Å². The summed E-state index contributed by atoms with van der Waals surface area (Å²) in [6.45, 7) is 3.91. The van der Waals surface area contributed by atoms with Crippen LogP contribution in [0.3, 0.4) is 0 Å². The second-order valence-corrected chi connectivity index (χ2v) is 5.23. The summed E-state index contributed by atoms with van der Waals surface area (Å²) in [6, 6.07) is 3.74. The van der Waals surface area contributed by atoms with Crippen LogP contribution < -0.4 is 4.90 Å². The van der Waals surface area contributed by atoms with Crippen LogP contribution >= 0.6 is 11.6 Å². The zero-order valence-electron chi connectivity index (χ0n) is 11.6. The first-order chi connectivity index (χ1) is 9.70. The minimum Gasteiger partial charge on any atom is -0.461 e. The van der Waals surface area contributed by atoms with Crippen LogP contribution in [0.1, 0.15) is 19.8 Å². The number of hydrogen-bond donors (Lipinski definition) is 0. The highest BCUT2D eigenvalue weighted by Crippen LogP contribution is 2.23. The lowest BCUT2D eigenvalue weighted by atomic mass is 9.97. The van der Waals surface area contributed by atoms with Crippen LogP contribution in [0.2, 0.25) is 5.02 Å². The molecule has 1 aliphatic heterocycles. The van der Waals surface area contributed by atoms with Gasteiger partial charge in [0.05, 0.1) is 10.9 Å². The molecule has 108 valence electrons. The Morgan fingerprint density at radius 3 is 2.85 bits per heavy atom. The maximum absolute atomic E-state index is 11.9. The van der Waals surface area contributed by atoms with Crippen molar-refractivity contribution in [2.24, 2.45) is 5.92 Å². The van der Waals surface area contributed by atoms with E-state index in [9.17, 15) is 4.79 Å². The smallest absolute Gasteiger partial charge is 0.309 e. The molecule has 2 heterocycles. The van der Waals surface area contributed by atoms with Gasteiger partial charge in [0.15, 0.2) is 0 Å². The van der Waals surface area contributed by atoms with Gasteiger partial charge in [-0.05, 0) is 31.9 Å². The van der Waals surface area contributed by atoms with Crippen molar-refractivity contribution in [3.8, 4) is 0 Å². The second kappa shape index (κ2) is 7.29. The molecule has 0 amide bonds. The van der Waals surface area contributed by atoms with Crippen molar-refractivity contribution in [1.29, 1.82) is 0 Å². The largest absolute Gasteiger partial charge is 0.461 e. The van der Waals surface area contributed by atoms with E-state index in [-0.39, 0.29) is 11.9 Å². The van der Waals surface area contributed by atoms with Gasteiger partial charge in [0, 0.05) is 19.3 Å². The van der Waals surface area contributed by atoms with E-state index in [1.54, 1.807) is 6.20 Å². The number of halogens is 1. The highest BCUT2D eigenvalue weighted by Gasteiger charge is 2.26. The first kappa shape index (κ1) is 14.9. The average molecular weight is 295 g/mol. The Bertz CT molecular complexity index is 465. The van der Waals surface area contributed by atoms with Gasteiger partial charge >= 0.3 is 5.97 Å². The van der Waals surface area contributed by atoms with Gasteiger partial charge in [-0.15, -0.1) is 0 Å². The van der Waals surface area contributed by atoms with Crippen molar-refractivity contribution in [2.45, 2.75) is 19.8 Å². The lowest BCUT2D eigenvalue weighted by Gasteiger charge is -2.31. The van der Waals surface area contributed by atoms with Gasteiger partial charge in [-0.3, -0.25) is 4.79 Å². The number of nitrogens with zero attached hydrogens (tertiary/aromatic N) is 2. The molecule has 1 aromatic heterocycles. The first-order valence-electron chi connectivity index (χ1n) is 6.85. The number of ether oxygens (including phenoxy) is 1. The van der Waals surface area contributed by atoms with Crippen LogP contribution in [0.25, 0.3) is 0 Å². The summed E-state index contributed by atoms with van der Waals surface area (Å²) in [6.07, 6.45) is 6.97. The third-order valence-electron chi connectivity index (χ3n) is 3.42. The number of anilines is 1. The molecule has 0 radical (unpaired) electrons. The van der Waals surface area contributed by atoms with Crippen molar-refractivity contribution in [3.05, 3.63) is 35.5 Å². The van der Waals surface area contributed by atoms with Gasteiger partial charge in [-0.25, -0.2) is 4.98 Å². The van der Waals surface area contributed by atoms with E-state index in [1.807, 2.05) is 31.2 Å². The fourth-order valence-corrected chi connectivity index (χ4v) is 2.36. The summed E-state index contributed by atoms with van der Waals surface area (Å²) in [7, 11) is 0. The molecular weight excluding hydrogens is 276 g/mol. The summed E-state index contributed by atoms with van der Waals surface area (Å²) >= 11 is 5.83. The monoisotopic (exact) mass is 294 g/mol.